The van der Waals surface area contributed by atoms with E-state index in [0.29, 0.717) is 0 Å². The summed E-state index contributed by atoms with van der Waals surface area (Å²) in [6.07, 6.45) is 0.848. The summed E-state index contributed by atoms with van der Waals surface area (Å²) in [5.74, 6) is 1.45. The van der Waals surface area contributed by atoms with Gasteiger partial charge >= 0.3 is 0 Å². The number of hydrogen-bond acceptors (Lipinski definition) is 3. The van der Waals surface area contributed by atoms with E-state index >= 15 is 0 Å². The molecule has 2 atom stereocenters. The molecule has 0 aliphatic carbocycles. The van der Waals surface area contributed by atoms with E-state index in [1.807, 2.05) is 56.4 Å². The van der Waals surface area contributed by atoms with Gasteiger partial charge in [0.05, 0.1) is 27.8 Å². The fourth-order valence-corrected chi connectivity index (χ4v) is 3.03. The van der Waals surface area contributed by atoms with Gasteiger partial charge in [0.25, 0.3) is 5.91 Å². The molecule has 2 aromatic carbocycles. The molecule has 0 spiro atoms. The van der Waals surface area contributed by atoms with E-state index in [1.165, 1.54) is 0 Å². The number of nitrogens with one attached hydrogen (secondary N) is 2. The summed E-state index contributed by atoms with van der Waals surface area (Å²) in [7, 11) is 5.29. The summed E-state index contributed by atoms with van der Waals surface area (Å²) in [6.45, 7) is 2.78. The number of anilines is 1. The predicted molar refractivity (Wildman–Crippen MR) is 107 cm³/mol. The van der Waals surface area contributed by atoms with Crippen LogP contribution >= 0.6 is 15.9 Å². The molecule has 0 bridgehead atoms. The van der Waals surface area contributed by atoms with Crippen molar-refractivity contribution < 1.29 is 19.2 Å². The first-order chi connectivity index (χ1) is 12.4. The molecule has 0 aliphatic heterocycles. The summed E-state index contributed by atoms with van der Waals surface area (Å²) in [6, 6.07) is 13.4. The number of likely N-dealkylation sites (N-methyl/N-ethyl adjacent to an activating group) is 1. The zero-order valence-electron chi connectivity index (χ0n) is 15.6. The average molecular weight is 422 g/mol. The molecular weight excluding hydrogens is 396 g/mol. The molecule has 140 valence electrons. The van der Waals surface area contributed by atoms with Gasteiger partial charge in [-0.15, -0.1) is 0 Å². The lowest BCUT2D eigenvalue weighted by Crippen LogP contribution is -3.14. The summed E-state index contributed by atoms with van der Waals surface area (Å²) < 4.78 is 11.6. The number of halogens is 1. The lowest BCUT2D eigenvalue weighted by molar-refractivity contribution is -0.893. The van der Waals surface area contributed by atoms with Crippen LogP contribution in [0.5, 0.6) is 11.5 Å². The molecule has 0 aliphatic rings. The minimum absolute atomic E-state index is 0.00733. The summed E-state index contributed by atoms with van der Waals surface area (Å²) >= 11 is 3.42. The van der Waals surface area contributed by atoms with Crippen molar-refractivity contribution in [1.82, 2.24) is 0 Å². The zero-order chi connectivity index (χ0) is 19.1. The van der Waals surface area contributed by atoms with Crippen LogP contribution in [0.15, 0.2) is 46.9 Å². The van der Waals surface area contributed by atoms with E-state index < -0.39 is 0 Å². The monoisotopic (exact) mass is 421 g/mol. The van der Waals surface area contributed by atoms with Gasteiger partial charge in [0.15, 0.2) is 17.5 Å². The number of hydrogen-bond donors (Lipinski definition) is 2. The Bertz CT molecular complexity index is 752. The second-order valence-electron chi connectivity index (χ2n) is 6.26. The van der Waals surface area contributed by atoms with Crippen LogP contribution in [-0.4, -0.2) is 39.8 Å². The van der Waals surface area contributed by atoms with E-state index in [-0.39, 0.29) is 11.9 Å². The number of rotatable bonds is 8. The second-order valence-corrected chi connectivity index (χ2v) is 7.17. The first kappa shape index (κ1) is 20.3. The molecule has 2 rings (SSSR count). The van der Waals surface area contributed by atoms with Crippen LogP contribution < -0.4 is 19.7 Å². The number of amides is 1. The Morgan fingerprint density at radius 2 is 1.88 bits per heavy atom. The summed E-state index contributed by atoms with van der Waals surface area (Å²) in [5, 5.41) is 2.97. The number of quaternary nitrogens is 1. The van der Waals surface area contributed by atoms with Gasteiger partial charge in [0.2, 0.25) is 0 Å². The Labute approximate surface area is 163 Å². The highest BCUT2D eigenvalue weighted by atomic mass is 79.9. The van der Waals surface area contributed by atoms with Gasteiger partial charge in [-0.2, -0.15) is 0 Å². The van der Waals surface area contributed by atoms with Gasteiger partial charge < -0.3 is 19.7 Å². The number of benzene rings is 2. The van der Waals surface area contributed by atoms with Crippen molar-refractivity contribution in [2.24, 2.45) is 0 Å². The Morgan fingerprint density at radius 3 is 2.54 bits per heavy atom. The van der Waals surface area contributed by atoms with Crippen LogP contribution in [0.3, 0.4) is 0 Å². The highest BCUT2D eigenvalue weighted by molar-refractivity contribution is 9.10. The third kappa shape index (κ3) is 5.47. The second kappa shape index (κ2) is 9.59. The van der Waals surface area contributed by atoms with Crippen LogP contribution in [0, 0.1) is 0 Å². The third-order valence-electron chi connectivity index (χ3n) is 4.48. The van der Waals surface area contributed by atoms with E-state index in [9.17, 15) is 4.79 Å². The van der Waals surface area contributed by atoms with Gasteiger partial charge in [-0.25, -0.2) is 0 Å². The smallest absolute Gasteiger partial charge is 0.282 e. The van der Waals surface area contributed by atoms with Gasteiger partial charge in [-0.1, -0.05) is 28.1 Å². The first-order valence-corrected chi connectivity index (χ1v) is 9.33. The maximum absolute atomic E-state index is 12.5. The van der Waals surface area contributed by atoms with Crippen LogP contribution in [0.25, 0.3) is 0 Å². The molecule has 1 unspecified atom stereocenters. The van der Waals surface area contributed by atoms with Crippen molar-refractivity contribution in [3.05, 3.63) is 52.5 Å². The van der Waals surface area contributed by atoms with E-state index in [1.54, 1.807) is 14.2 Å². The van der Waals surface area contributed by atoms with E-state index in [2.05, 4.69) is 21.2 Å². The SMILES string of the molecule is COc1ccc(CC[NH+](C)[C@@H](C)C(=O)Nc2cccc(Br)c2)cc1OC. The van der Waals surface area contributed by atoms with Crippen molar-refractivity contribution in [1.29, 1.82) is 0 Å². The van der Waals surface area contributed by atoms with Gasteiger partial charge in [0.1, 0.15) is 0 Å². The van der Waals surface area contributed by atoms with Crippen molar-refractivity contribution in [2.75, 3.05) is 33.1 Å². The lowest BCUT2D eigenvalue weighted by atomic mass is 10.1. The standard InChI is InChI=1S/C20H25BrN2O3/c1-14(20(24)22-17-7-5-6-16(21)13-17)23(2)11-10-15-8-9-18(25-3)19(12-15)26-4/h5-9,12-14H,10-11H2,1-4H3,(H,22,24)/p+1/t14-/m0/s1. The van der Waals surface area contributed by atoms with Crippen LogP contribution in [0.2, 0.25) is 0 Å². The fourth-order valence-electron chi connectivity index (χ4n) is 2.63. The molecule has 0 saturated heterocycles. The Balaban J connectivity index is 1.92. The molecule has 26 heavy (non-hydrogen) atoms. The molecule has 0 radical (unpaired) electrons. The topological polar surface area (TPSA) is 52.0 Å². The normalized spacial score (nSPS) is 13.0. The fraction of sp³-hybridized carbons (Fsp3) is 0.350. The predicted octanol–water partition coefficient (Wildman–Crippen LogP) is 2.55. The summed E-state index contributed by atoms with van der Waals surface area (Å²) in [4.78, 5) is 13.6. The minimum Gasteiger partial charge on any atom is -0.493 e. The van der Waals surface area contributed by atoms with Crippen molar-refractivity contribution in [3.63, 3.8) is 0 Å². The maximum atomic E-state index is 12.5. The van der Waals surface area contributed by atoms with Crippen LogP contribution in [-0.2, 0) is 11.2 Å². The van der Waals surface area contributed by atoms with Gasteiger partial charge in [-0.3, -0.25) is 4.79 Å². The number of ether oxygens (including phenoxy) is 2. The quantitative estimate of drug-likeness (QED) is 0.688. The molecule has 0 saturated carbocycles. The molecule has 0 aromatic heterocycles. The molecule has 1 amide bonds. The Morgan fingerprint density at radius 1 is 1.15 bits per heavy atom. The highest BCUT2D eigenvalue weighted by Gasteiger charge is 2.21. The maximum Gasteiger partial charge on any atom is 0.282 e. The van der Waals surface area contributed by atoms with Gasteiger partial charge in [0, 0.05) is 16.6 Å². The zero-order valence-corrected chi connectivity index (χ0v) is 17.2. The molecule has 0 heterocycles. The molecule has 2 aromatic rings. The van der Waals surface area contributed by atoms with Crippen LogP contribution in [0.1, 0.15) is 12.5 Å². The van der Waals surface area contributed by atoms with Crippen LogP contribution in [0.4, 0.5) is 5.69 Å². The van der Waals surface area contributed by atoms with E-state index in [0.717, 1.165) is 45.1 Å². The molecule has 2 N–H and O–H groups in total. The molecule has 6 heteroatoms. The number of carbonyl (C=O) groups excluding carboxylic acids is 1. The van der Waals surface area contributed by atoms with E-state index in [4.69, 9.17) is 9.47 Å². The molecular formula is C20H26BrN2O3+. The Kier molecular flexibility index (Phi) is 7.48. The third-order valence-corrected chi connectivity index (χ3v) is 4.97. The van der Waals surface area contributed by atoms with Crippen molar-refractivity contribution in [2.45, 2.75) is 19.4 Å². The largest absolute Gasteiger partial charge is 0.493 e. The average Bonchev–Trinajstić information content (AvgIpc) is 2.65. The number of carbonyl (C=O) groups is 1. The number of methoxy groups -OCH3 is 2. The van der Waals surface area contributed by atoms with Crippen molar-refractivity contribution in [3.8, 4) is 11.5 Å². The van der Waals surface area contributed by atoms with Crippen molar-refractivity contribution >= 4 is 27.5 Å². The minimum atomic E-state index is -0.158. The Hall–Kier alpha value is -2.05. The van der Waals surface area contributed by atoms with Gasteiger partial charge in [-0.05, 0) is 42.8 Å². The first-order valence-electron chi connectivity index (χ1n) is 8.54. The molecule has 0 fully saturated rings. The molecule has 5 nitrogen and oxygen atoms in total. The summed E-state index contributed by atoms with van der Waals surface area (Å²) in [5.41, 5.74) is 1.95. The lowest BCUT2D eigenvalue weighted by Gasteiger charge is -2.21. The highest BCUT2D eigenvalue weighted by Crippen LogP contribution is 2.27.